The van der Waals surface area contributed by atoms with Crippen molar-refractivity contribution in [3.05, 3.63) is 124 Å². The highest BCUT2D eigenvalue weighted by Crippen LogP contribution is 2.52. The van der Waals surface area contributed by atoms with E-state index in [-0.39, 0.29) is 5.91 Å². The molecule has 0 bridgehead atoms. The number of nitrogens with zero attached hydrogens (tertiary/aromatic N) is 3. The van der Waals surface area contributed by atoms with Gasteiger partial charge in [0.25, 0.3) is 5.91 Å². The van der Waals surface area contributed by atoms with Gasteiger partial charge in [-0.1, -0.05) is 83.4 Å². The van der Waals surface area contributed by atoms with Crippen LogP contribution in [0.2, 0.25) is 5.02 Å². The van der Waals surface area contributed by atoms with Crippen molar-refractivity contribution in [2.75, 3.05) is 27.8 Å². The Labute approximate surface area is 217 Å². The first-order valence-electron chi connectivity index (χ1n) is 12.3. The Morgan fingerprint density at radius 3 is 1.83 bits per heavy atom. The second-order valence-corrected chi connectivity index (χ2v) is 10.1. The fraction of sp³-hybridized carbons (Fsp3) is 0.194. The molecule has 0 aromatic heterocycles. The van der Waals surface area contributed by atoms with Crippen LogP contribution in [-0.2, 0) is 17.0 Å². The second kappa shape index (κ2) is 8.72. The first kappa shape index (κ1) is 22.7. The number of halogens is 1. The number of hydrogen-bond donors (Lipinski definition) is 0. The van der Waals surface area contributed by atoms with Gasteiger partial charge in [-0.15, -0.1) is 0 Å². The summed E-state index contributed by atoms with van der Waals surface area (Å²) in [7, 11) is 0. The van der Waals surface area contributed by atoms with Gasteiger partial charge in [0.05, 0.1) is 12.2 Å². The summed E-state index contributed by atoms with van der Waals surface area (Å²) in [5.74, 6) is 0.0438. The molecule has 36 heavy (non-hydrogen) atoms. The maximum absolute atomic E-state index is 14.8. The van der Waals surface area contributed by atoms with Crippen LogP contribution in [0.1, 0.15) is 22.3 Å². The molecular formula is C31H28ClN3O. The third-order valence-corrected chi connectivity index (χ3v) is 7.79. The van der Waals surface area contributed by atoms with Crippen LogP contribution in [0.15, 0.2) is 97.1 Å². The molecule has 0 unspecified atom stereocenters. The average Bonchev–Trinajstić information content (AvgIpc) is 3.40. The molecule has 180 valence electrons. The number of para-hydroxylation sites is 1. The number of carbonyl (C=O) groups excluding carboxylic acids is 1. The monoisotopic (exact) mass is 493 g/mol. The zero-order valence-corrected chi connectivity index (χ0v) is 21.2. The molecule has 0 N–H and O–H groups in total. The van der Waals surface area contributed by atoms with E-state index in [1.54, 1.807) is 0 Å². The Morgan fingerprint density at radius 1 is 0.722 bits per heavy atom. The summed E-state index contributed by atoms with van der Waals surface area (Å²) in [5, 5.41) is 0.668. The summed E-state index contributed by atoms with van der Waals surface area (Å²) in [5.41, 5.74) is 6.35. The number of aryl methyl sites for hydroxylation is 2. The van der Waals surface area contributed by atoms with E-state index in [0.717, 1.165) is 41.3 Å². The van der Waals surface area contributed by atoms with Crippen LogP contribution in [0.3, 0.4) is 0 Å². The molecule has 5 heteroatoms. The van der Waals surface area contributed by atoms with Gasteiger partial charge in [-0.05, 0) is 55.8 Å². The molecule has 4 nitrogen and oxygen atoms in total. The van der Waals surface area contributed by atoms with E-state index in [4.69, 9.17) is 11.6 Å². The molecule has 4 aromatic carbocycles. The van der Waals surface area contributed by atoms with E-state index in [0.29, 0.717) is 11.6 Å². The molecule has 1 spiro atoms. The summed E-state index contributed by atoms with van der Waals surface area (Å²) < 4.78 is 0. The summed E-state index contributed by atoms with van der Waals surface area (Å²) >= 11 is 6.55. The fourth-order valence-electron chi connectivity index (χ4n) is 5.64. The zero-order chi connectivity index (χ0) is 24.9. The number of carbonyl (C=O) groups is 1. The number of anilines is 3. The summed E-state index contributed by atoms with van der Waals surface area (Å²) in [6.45, 7) is 6.06. The molecule has 2 aliphatic rings. The van der Waals surface area contributed by atoms with Crippen LogP contribution in [0.25, 0.3) is 0 Å². The fourth-order valence-corrected chi connectivity index (χ4v) is 5.84. The van der Waals surface area contributed by atoms with E-state index < -0.39 is 5.66 Å². The van der Waals surface area contributed by atoms with E-state index in [1.807, 2.05) is 41.3 Å². The quantitative estimate of drug-likeness (QED) is 0.317. The van der Waals surface area contributed by atoms with E-state index >= 15 is 0 Å². The second-order valence-electron chi connectivity index (χ2n) is 9.65. The van der Waals surface area contributed by atoms with Crippen LogP contribution in [0.4, 0.5) is 17.1 Å². The van der Waals surface area contributed by atoms with Crippen LogP contribution >= 0.6 is 11.6 Å². The molecule has 2 heterocycles. The lowest BCUT2D eigenvalue weighted by atomic mass is 9.96. The molecule has 0 atom stereocenters. The van der Waals surface area contributed by atoms with Gasteiger partial charge in [-0.25, -0.2) is 0 Å². The average molecular weight is 494 g/mol. The number of benzene rings is 4. The summed E-state index contributed by atoms with van der Waals surface area (Å²) in [6.07, 6.45) is 0. The maximum Gasteiger partial charge on any atom is 0.279 e. The Hall–Kier alpha value is -3.76. The van der Waals surface area contributed by atoms with Crippen molar-refractivity contribution in [1.82, 2.24) is 0 Å². The van der Waals surface area contributed by atoms with Gasteiger partial charge < -0.3 is 14.7 Å². The Kier molecular flexibility index (Phi) is 5.50. The minimum absolute atomic E-state index is 0.0438. The highest BCUT2D eigenvalue weighted by Gasteiger charge is 2.61. The highest BCUT2D eigenvalue weighted by atomic mass is 35.5. The largest absolute Gasteiger partial charge is 0.335 e. The summed E-state index contributed by atoms with van der Waals surface area (Å²) in [4.78, 5) is 21.3. The maximum atomic E-state index is 14.8. The van der Waals surface area contributed by atoms with Crippen molar-refractivity contribution in [2.45, 2.75) is 26.1 Å². The van der Waals surface area contributed by atoms with E-state index in [1.165, 1.54) is 11.1 Å². The first-order valence-corrected chi connectivity index (χ1v) is 12.7. The number of fused-ring (bicyclic) bond motifs is 2. The van der Waals surface area contributed by atoms with Crippen LogP contribution < -0.4 is 14.7 Å². The SMILES string of the molecule is Cc1ccc(N2CCN(c3ccc(C)cc3)C23C(=O)N(Cc2ccccc2Cl)c2ccccc23)cc1. The molecule has 2 aliphatic heterocycles. The normalized spacial score (nSPS) is 16.2. The van der Waals surface area contributed by atoms with Gasteiger partial charge in [0, 0.05) is 35.1 Å². The standard InChI is InChI=1S/C31H28ClN3O/c1-22-11-15-25(16-12-22)34-19-20-35(26-17-13-23(2)14-18-26)31(34)27-8-4-6-10-29(27)33(30(31)36)21-24-7-3-5-9-28(24)32/h3-18H,19-21H2,1-2H3. The lowest BCUT2D eigenvalue weighted by molar-refractivity contribution is -0.122. The number of rotatable bonds is 4. The lowest BCUT2D eigenvalue weighted by Gasteiger charge is -2.42. The predicted molar refractivity (Wildman–Crippen MR) is 148 cm³/mol. The molecule has 0 saturated carbocycles. The van der Waals surface area contributed by atoms with Crippen molar-refractivity contribution in [2.24, 2.45) is 0 Å². The van der Waals surface area contributed by atoms with Crippen LogP contribution in [0, 0.1) is 13.8 Å². The van der Waals surface area contributed by atoms with Gasteiger partial charge in [0.2, 0.25) is 5.66 Å². The third kappa shape index (κ3) is 3.40. The number of amides is 1. The lowest BCUT2D eigenvalue weighted by Crippen LogP contribution is -2.58. The van der Waals surface area contributed by atoms with Crippen molar-refractivity contribution in [1.29, 1.82) is 0 Å². The molecule has 4 aromatic rings. The highest BCUT2D eigenvalue weighted by molar-refractivity contribution is 6.31. The number of hydrogen-bond acceptors (Lipinski definition) is 3. The van der Waals surface area contributed by atoms with Gasteiger partial charge in [-0.2, -0.15) is 0 Å². The molecule has 1 fully saturated rings. The molecule has 6 rings (SSSR count). The smallest absolute Gasteiger partial charge is 0.279 e. The molecule has 1 saturated heterocycles. The van der Waals surface area contributed by atoms with Crippen LogP contribution in [0.5, 0.6) is 0 Å². The van der Waals surface area contributed by atoms with Crippen molar-refractivity contribution in [3.8, 4) is 0 Å². The van der Waals surface area contributed by atoms with Crippen molar-refractivity contribution >= 4 is 34.6 Å². The Balaban J connectivity index is 1.56. The van der Waals surface area contributed by atoms with Gasteiger partial charge in [-0.3, -0.25) is 4.79 Å². The molecular weight excluding hydrogens is 466 g/mol. The summed E-state index contributed by atoms with van der Waals surface area (Å²) in [6, 6.07) is 32.9. The van der Waals surface area contributed by atoms with Gasteiger partial charge in [0.15, 0.2) is 0 Å². The zero-order valence-electron chi connectivity index (χ0n) is 20.5. The van der Waals surface area contributed by atoms with E-state index in [2.05, 4.69) is 84.3 Å². The minimum Gasteiger partial charge on any atom is -0.335 e. The Bertz CT molecular complexity index is 1380. The van der Waals surface area contributed by atoms with Crippen LogP contribution in [-0.4, -0.2) is 19.0 Å². The topological polar surface area (TPSA) is 26.8 Å². The minimum atomic E-state index is -0.984. The third-order valence-electron chi connectivity index (χ3n) is 7.42. The molecule has 0 radical (unpaired) electrons. The van der Waals surface area contributed by atoms with Crippen molar-refractivity contribution in [3.63, 3.8) is 0 Å². The molecule has 0 aliphatic carbocycles. The first-order chi connectivity index (χ1) is 17.5. The molecule has 1 amide bonds. The van der Waals surface area contributed by atoms with Crippen molar-refractivity contribution < 1.29 is 4.79 Å². The van der Waals surface area contributed by atoms with E-state index in [9.17, 15) is 4.79 Å². The van der Waals surface area contributed by atoms with Gasteiger partial charge >= 0.3 is 0 Å². The van der Waals surface area contributed by atoms with Gasteiger partial charge in [0.1, 0.15) is 0 Å². The predicted octanol–water partition coefficient (Wildman–Crippen LogP) is 6.68. The Morgan fingerprint density at radius 2 is 1.25 bits per heavy atom.